The molecule has 1 aliphatic heterocycles. The van der Waals surface area contributed by atoms with Crippen LogP contribution in [0.1, 0.15) is 24.2 Å². The minimum atomic E-state index is 0.515. The lowest BCUT2D eigenvalue weighted by Gasteiger charge is -2.06. The van der Waals surface area contributed by atoms with Crippen LogP contribution >= 0.6 is 11.8 Å². The molecule has 2 aromatic rings. The molecule has 1 unspecified atom stereocenters. The highest BCUT2D eigenvalue weighted by molar-refractivity contribution is 8.00. The van der Waals surface area contributed by atoms with Gasteiger partial charge in [0, 0.05) is 30.0 Å². The van der Waals surface area contributed by atoms with E-state index in [0.717, 1.165) is 23.5 Å². The van der Waals surface area contributed by atoms with Crippen LogP contribution in [0.25, 0.3) is 5.65 Å². The van der Waals surface area contributed by atoms with Crippen LogP contribution in [0.4, 0.5) is 0 Å². The Morgan fingerprint density at radius 3 is 3.18 bits per heavy atom. The zero-order chi connectivity index (χ0) is 11.7. The average molecular weight is 248 g/mol. The summed E-state index contributed by atoms with van der Waals surface area (Å²) < 4.78 is 2.08. The first-order chi connectivity index (χ1) is 8.38. The van der Waals surface area contributed by atoms with Crippen LogP contribution in [0.2, 0.25) is 0 Å². The summed E-state index contributed by atoms with van der Waals surface area (Å²) >= 11 is 2.05. The van der Waals surface area contributed by atoms with Gasteiger partial charge >= 0.3 is 0 Å². The zero-order valence-corrected chi connectivity index (χ0v) is 10.5. The van der Waals surface area contributed by atoms with Crippen molar-refractivity contribution in [2.24, 2.45) is 5.73 Å². The minimum Gasteiger partial charge on any atom is -0.326 e. The lowest BCUT2D eigenvalue weighted by atomic mass is 10.2. The van der Waals surface area contributed by atoms with Crippen molar-refractivity contribution in [3.05, 3.63) is 29.7 Å². The molecule has 0 aliphatic carbocycles. The fourth-order valence-corrected chi connectivity index (χ4v) is 3.59. The predicted octanol–water partition coefficient (Wildman–Crippen LogP) is 1.63. The lowest BCUT2D eigenvalue weighted by Crippen LogP contribution is -2.06. The number of nitrogens with zero attached hydrogens (tertiary/aromatic N) is 3. The number of pyridine rings is 1. The van der Waals surface area contributed by atoms with Crippen molar-refractivity contribution in [1.82, 2.24) is 14.6 Å². The van der Waals surface area contributed by atoms with Crippen LogP contribution in [0.5, 0.6) is 0 Å². The van der Waals surface area contributed by atoms with Crippen molar-refractivity contribution in [1.29, 1.82) is 0 Å². The van der Waals surface area contributed by atoms with Crippen molar-refractivity contribution in [2.45, 2.75) is 31.1 Å². The van der Waals surface area contributed by atoms with Gasteiger partial charge in [-0.2, -0.15) is 11.8 Å². The molecular weight excluding hydrogens is 232 g/mol. The Hall–Kier alpha value is -1.07. The maximum Gasteiger partial charge on any atom is 0.165 e. The molecule has 1 saturated heterocycles. The Bertz CT molecular complexity index is 516. The molecule has 3 rings (SSSR count). The van der Waals surface area contributed by atoms with Gasteiger partial charge in [0.2, 0.25) is 0 Å². The lowest BCUT2D eigenvalue weighted by molar-refractivity contribution is 0.738. The van der Waals surface area contributed by atoms with Crippen molar-refractivity contribution in [3.8, 4) is 0 Å². The van der Waals surface area contributed by atoms with Crippen LogP contribution in [-0.2, 0) is 13.0 Å². The molecule has 2 N–H and O–H groups in total. The van der Waals surface area contributed by atoms with E-state index in [1.54, 1.807) is 0 Å². The van der Waals surface area contributed by atoms with Gasteiger partial charge in [0.25, 0.3) is 0 Å². The predicted molar refractivity (Wildman–Crippen MR) is 70.1 cm³/mol. The van der Waals surface area contributed by atoms with E-state index < -0.39 is 0 Å². The van der Waals surface area contributed by atoms with Crippen LogP contribution in [0.15, 0.2) is 18.3 Å². The highest BCUT2D eigenvalue weighted by atomic mass is 32.2. The van der Waals surface area contributed by atoms with Crippen molar-refractivity contribution >= 4 is 17.4 Å². The fraction of sp³-hybridized carbons (Fsp3) is 0.500. The standard InChI is InChI=1S/C12H16N4S/c13-8-9-3-1-5-16-11(14-15-12(9)16)7-10-4-2-6-17-10/h1,3,5,10H,2,4,6-8,13H2. The van der Waals surface area contributed by atoms with Gasteiger partial charge in [-0.15, -0.1) is 10.2 Å². The Morgan fingerprint density at radius 1 is 1.47 bits per heavy atom. The molecule has 1 aliphatic rings. The smallest absolute Gasteiger partial charge is 0.165 e. The average Bonchev–Trinajstić information content (AvgIpc) is 2.99. The maximum absolute atomic E-state index is 5.70. The van der Waals surface area contributed by atoms with E-state index in [0.29, 0.717) is 11.8 Å². The molecule has 0 bridgehead atoms. The van der Waals surface area contributed by atoms with Crippen LogP contribution in [0, 0.1) is 0 Å². The van der Waals surface area contributed by atoms with Crippen molar-refractivity contribution < 1.29 is 0 Å². The summed E-state index contributed by atoms with van der Waals surface area (Å²) in [6, 6.07) is 4.03. The molecule has 3 heterocycles. The summed E-state index contributed by atoms with van der Waals surface area (Å²) in [5, 5.41) is 9.28. The number of thioether (sulfide) groups is 1. The van der Waals surface area contributed by atoms with Gasteiger partial charge in [0.15, 0.2) is 5.65 Å². The minimum absolute atomic E-state index is 0.515. The van der Waals surface area contributed by atoms with E-state index in [1.807, 2.05) is 18.3 Å². The van der Waals surface area contributed by atoms with Gasteiger partial charge in [0.1, 0.15) is 5.82 Å². The van der Waals surface area contributed by atoms with Gasteiger partial charge < -0.3 is 5.73 Å². The number of hydrogen-bond donors (Lipinski definition) is 1. The van der Waals surface area contributed by atoms with Gasteiger partial charge in [-0.3, -0.25) is 4.40 Å². The largest absolute Gasteiger partial charge is 0.326 e. The Morgan fingerprint density at radius 2 is 2.41 bits per heavy atom. The molecule has 5 heteroatoms. The van der Waals surface area contributed by atoms with Gasteiger partial charge in [-0.1, -0.05) is 6.07 Å². The highest BCUT2D eigenvalue weighted by Crippen LogP contribution is 2.28. The second-order valence-corrected chi connectivity index (χ2v) is 5.79. The van der Waals surface area contributed by atoms with Gasteiger partial charge in [0.05, 0.1) is 0 Å². The Labute approximate surface area is 105 Å². The van der Waals surface area contributed by atoms with E-state index in [4.69, 9.17) is 5.73 Å². The number of rotatable bonds is 3. The first-order valence-corrected chi connectivity index (χ1v) is 7.06. The number of aromatic nitrogens is 3. The van der Waals surface area contributed by atoms with E-state index in [2.05, 4.69) is 26.4 Å². The normalized spacial score (nSPS) is 20.2. The van der Waals surface area contributed by atoms with Crippen LogP contribution in [0.3, 0.4) is 0 Å². The van der Waals surface area contributed by atoms with E-state index in [-0.39, 0.29) is 0 Å². The summed E-state index contributed by atoms with van der Waals surface area (Å²) in [7, 11) is 0. The molecule has 0 spiro atoms. The number of hydrogen-bond acceptors (Lipinski definition) is 4. The molecule has 2 aromatic heterocycles. The highest BCUT2D eigenvalue weighted by Gasteiger charge is 2.19. The molecule has 0 radical (unpaired) electrons. The summed E-state index contributed by atoms with van der Waals surface area (Å²) in [6.45, 7) is 0.515. The molecule has 0 aromatic carbocycles. The second kappa shape index (κ2) is 4.66. The van der Waals surface area contributed by atoms with E-state index in [9.17, 15) is 0 Å². The quantitative estimate of drug-likeness (QED) is 0.897. The molecule has 4 nitrogen and oxygen atoms in total. The number of fused-ring (bicyclic) bond motifs is 1. The fourth-order valence-electron chi connectivity index (χ4n) is 2.33. The summed E-state index contributed by atoms with van der Waals surface area (Å²) in [6.07, 6.45) is 5.68. The van der Waals surface area contributed by atoms with Gasteiger partial charge in [-0.25, -0.2) is 0 Å². The van der Waals surface area contributed by atoms with Crippen molar-refractivity contribution in [3.63, 3.8) is 0 Å². The molecule has 90 valence electrons. The molecule has 1 fully saturated rings. The Kier molecular flexibility index (Phi) is 3.03. The van der Waals surface area contributed by atoms with Gasteiger partial charge in [-0.05, 0) is 24.7 Å². The molecule has 17 heavy (non-hydrogen) atoms. The summed E-state index contributed by atoms with van der Waals surface area (Å²) in [5.74, 6) is 2.35. The SMILES string of the molecule is NCc1cccn2c(CC3CCCS3)nnc12. The van der Waals surface area contributed by atoms with Crippen molar-refractivity contribution in [2.75, 3.05) is 5.75 Å². The number of nitrogens with two attached hydrogens (primary N) is 1. The van der Waals surface area contributed by atoms with Crippen LogP contribution < -0.4 is 5.73 Å². The van der Waals surface area contributed by atoms with E-state index in [1.165, 1.54) is 18.6 Å². The zero-order valence-electron chi connectivity index (χ0n) is 9.67. The monoisotopic (exact) mass is 248 g/mol. The summed E-state index contributed by atoms with van der Waals surface area (Å²) in [4.78, 5) is 0. The third kappa shape index (κ3) is 2.05. The molecule has 0 saturated carbocycles. The third-order valence-corrected chi connectivity index (χ3v) is 4.64. The third-order valence-electron chi connectivity index (χ3n) is 3.24. The maximum atomic E-state index is 5.70. The molecule has 1 atom stereocenters. The molecule has 0 amide bonds. The topological polar surface area (TPSA) is 56.2 Å². The van der Waals surface area contributed by atoms with E-state index >= 15 is 0 Å². The molecular formula is C12H16N4S. The first kappa shape index (κ1) is 11.0. The first-order valence-electron chi connectivity index (χ1n) is 6.01. The second-order valence-electron chi connectivity index (χ2n) is 4.39. The Balaban J connectivity index is 1.94. The summed E-state index contributed by atoms with van der Waals surface area (Å²) in [5.41, 5.74) is 7.67. The van der Waals surface area contributed by atoms with Crippen LogP contribution in [-0.4, -0.2) is 25.6 Å².